The number of rotatable bonds is 6. The molecule has 0 aromatic heterocycles. The van der Waals surface area contributed by atoms with Gasteiger partial charge in [0.25, 0.3) is 0 Å². The fourth-order valence-corrected chi connectivity index (χ4v) is 2.12. The van der Waals surface area contributed by atoms with Gasteiger partial charge in [-0.3, -0.25) is 4.79 Å². The molecule has 1 amide bonds. The summed E-state index contributed by atoms with van der Waals surface area (Å²) in [6.45, 7) is 4.64. The number of likely N-dealkylation sites (N-methyl/N-ethyl adjacent to an activating group) is 1. The fraction of sp³-hybridized carbons (Fsp3) is 0.533. The summed E-state index contributed by atoms with van der Waals surface area (Å²) < 4.78 is 11.5. The van der Waals surface area contributed by atoms with Crippen LogP contribution in [0.25, 0.3) is 0 Å². The minimum atomic E-state index is -0.113. The first-order valence-corrected chi connectivity index (χ1v) is 7.04. The summed E-state index contributed by atoms with van der Waals surface area (Å²) in [7, 11) is 1.80. The predicted octanol–water partition coefficient (Wildman–Crippen LogP) is 1.28. The van der Waals surface area contributed by atoms with E-state index in [0.717, 1.165) is 18.0 Å². The second kappa shape index (κ2) is 7.14. The molecule has 1 atom stereocenters. The van der Waals surface area contributed by atoms with Crippen LogP contribution in [0.4, 0.5) is 0 Å². The fourth-order valence-electron chi connectivity index (χ4n) is 2.12. The summed E-state index contributed by atoms with van der Waals surface area (Å²) in [4.78, 5) is 13.6. The Morgan fingerprint density at radius 1 is 1.40 bits per heavy atom. The van der Waals surface area contributed by atoms with E-state index in [1.807, 2.05) is 31.2 Å². The van der Waals surface area contributed by atoms with Crippen molar-refractivity contribution in [3.8, 4) is 11.5 Å². The minimum absolute atomic E-state index is 0.113. The molecule has 0 fully saturated rings. The molecule has 1 unspecified atom stereocenters. The topological polar surface area (TPSA) is 50.8 Å². The third-order valence-electron chi connectivity index (χ3n) is 3.24. The number of nitrogens with zero attached hydrogens (tertiary/aromatic N) is 1. The van der Waals surface area contributed by atoms with E-state index in [4.69, 9.17) is 9.47 Å². The van der Waals surface area contributed by atoms with Crippen LogP contribution in [0.5, 0.6) is 11.5 Å². The molecule has 1 aromatic rings. The molecule has 0 bridgehead atoms. The lowest BCUT2D eigenvalue weighted by molar-refractivity contribution is -0.131. The molecule has 20 heavy (non-hydrogen) atoms. The molecular weight excluding hydrogens is 256 g/mol. The molecular formula is C15H22N2O3. The maximum atomic E-state index is 11.9. The number of amides is 1. The standard InChI is InChI=1S/C15H22N2O3/c1-3-16-9-8-15(18)17(2)10-12-11-19-13-6-4-5-7-14(13)20-12/h4-7,12,16H,3,8-11H2,1-2H3. The summed E-state index contributed by atoms with van der Waals surface area (Å²) in [6.07, 6.45) is 0.395. The van der Waals surface area contributed by atoms with E-state index in [9.17, 15) is 4.79 Å². The Labute approximate surface area is 119 Å². The molecule has 5 heteroatoms. The molecule has 0 saturated heterocycles. The third-order valence-corrected chi connectivity index (χ3v) is 3.24. The van der Waals surface area contributed by atoms with Gasteiger partial charge in [-0.15, -0.1) is 0 Å². The van der Waals surface area contributed by atoms with E-state index in [0.29, 0.717) is 26.1 Å². The first-order valence-electron chi connectivity index (χ1n) is 7.04. The van der Waals surface area contributed by atoms with Crippen molar-refractivity contribution in [3.63, 3.8) is 0 Å². The van der Waals surface area contributed by atoms with Crippen LogP contribution in [0.1, 0.15) is 13.3 Å². The SMILES string of the molecule is CCNCCC(=O)N(C)CC1COc2ccccc2O1. The number of hydrogen-bond donors (Lipinski definition) is 1. The molecule has 2 rings (SSSR count). The van der Waals surface area contributed by atoms with Gasteiger partial charge in [0.15, 0.2) is 17.6 Å². The van der Waals surface area contributed by atoms with Gasteiger partial charge in [0.2, 0.25) is 5.91 Å². The van der Waals surface area contributed by atoms with Gasteiger partial charge in [0, 0.05) is 20.0 Å². The van der Waals surface area contributed by atoms with Crippen LogP contribution in [-0.4, -0.2) is 50.2 Å². The molecule has 0 aliphatic carbocycles. The number of carbonyl (C=O) groups is 1. The number of hydrogen-bond acceptors (Lipinski definition) is 4. The second-order valence-electron chi connectivity index (χ2n) is 4.88. The molecule has 1 aliphatic heterocycles. The van der Waals surface area contributed by atoms with Gasteiger partial charge in [0.05, 0.1) is 6.54 Å². The summed E-state index contributed by atoms with van der Waals surface area (Å²) >= 11 is 0. The van der Waals surface area contributed by atoms with Gasteiger partial charge in [-0.1, -0.05) is 19.1 Å². The lowest BCUT2D eigenvalue weighted by Crippen LogP contribution is -2.42. The van der Waals surface area contributed by atoms with Crippen molar-refractivity contribution in [2.75, 3.05) is 33.3 Å². The Kier molecular flexibility index (Phi) is 5.24. The Bertz CT molecular complexity index is 450. The lowest BCUT2D eigenvalue weighted by atomic mass is 10.2. The predicted molar refractivity (Wildman–Crippen MR) is 77.2 cm³/mol. The molecule has 1 N–H and O–H groups in total. The van der Waals surface area contributed by atoms with E-state index in [2.05, 4.69) is 5.32 Å². The Hall–Kier alpha value is -1.75. The quantitative estimate of drug-likeness (QED) is 0.797. The average Bonchev–Trinajstić information content (AvgIpc) is 2.47. The molecule has 1 aliphatic rings. The van der Waals surface area contributed by atoms with E-state index in [-0.39, 0.29) is 12.0 Å². The Balaban J connectivity index is 1.81. The van der Waals surface area contributed by atoms with E-state index < -0.39 is 0 Å². The maximum absolute atomic E-state index is 11.9. The zero-order valence-corrected chi connectivity index (χ0v) is 12.1. The van der Waals surface area contributed by atoms with Gasteiger partial charge in [0.1, 0.15) is 6.61 Å². The summed E-state index contributed by atoms with van der Waals surface area (Å²) in [6, 6.07) is 7.60. The smallest absolute Gasteiger partial charge is 0.223 e. The van der Waals surface area contributed by atoms with E-state index >= 15 is 0 Å². The first-order chi connectivity index (χ1) is 9.70. The van der Waals surface area contributed by atoms with Gasteiger partial charge < -0.3 is 19.7 Å². The number of fused-ring (bicyclic) bond motifs is 1. The highest BCUT2D eigenvalue weighted by Gasteiger charge is 2.23. The van der Waals surface area contributed by atoms with Crippen molar-refractivity contribution in [2.24, 2.45) is 0 Å². The number of nitrogens with one attached hydrogen (secondary N) is 1. The molecule has 0 saturated carbocycles. The highest BCUT2D eigenvalue weighted by Crippen LogP contribution is 2.30. The summed E-state index contributed by atoms with van der Waals surface area (Å²) in [5.74, 6) is 1.63. The monoisotopic (exact) mass is 278 g/mol. The van der Waals surface area contributed by atoms with Crippen molar-refractivity contribution in [2.45, 2.75) is 19.4 Å². The largest absolute Gasteiger partial charge is 0.486 e. The number of para-hydroxylation sites is 2. The summed E-state index contributed by atoms with van der Waals surface area (Å²) in [5, 5.41) is 3.15. The van der Waals surface area contributed by atoms with Crippen molar-refractivity contribution in [3.05, 3.63) is 24.3 Å². The molecule has 1 heterocycles. The van der Waals surface area contributed by atoms with Gasteiger partial charge in [-0.05, 0) is 18.7 Å². The highest BCUT2D eigenvalue weighted by atomic mass is 16.6. The zero-order chi connectivity index (χ0) is 14.4. The molecule has 1 aromatic carbocycles. The first kappa shape index (κ1) is 14.7. The Morgan fingerprint density at radius 3 is 2.90 bits per heavy atom. The van der Waals surface area contributed by atoms with Crippen molar-refractivity contribution in [1.82, 2.24) is 10.2 Å². The van der Waals surface area contributed by atoms with Crippen LogP contribution in [0.2, 0.25) is 0 Å². The van der Waals surface area contributed by atoms with Gasteiger partial charge in [-0.25, -0.2) is 0 Å². The summed E-state index contributed by atoms with van der Waals surface area (Å²) in [5.41, 5.74) is 0. The number of ether oxygens (including phenoxy) is 2. The number of benzene rings is 1. The minimum Gasteiger partial charge on any atom is -0.486 e. The average molecular weight is 278 g/mol. The van der Waals surface area contributed by atoms with Crippen molar-refractivity contribution < 1.29 is 14.3 Å². The zero-order valence-electron chi connectivity index (χ0n) is 12.1. The second-order valence-corrected chi connectivity index (χ2v) is 4.88. The van der Waals surface area contributed by atoms with Crippen molar-refractivity contribution >= 4 is 5.91 Å². The normalized spacial score (nSPS) is 16.8. The van der Waals surface area contributed by atoms with Gasteiger partial charge in [-0.2, -0.15) is 0 Å². The van der Waals surface area contributed by atoms with Crippen LogP contribution >= 0.6 is 0 Å². The number of carbonyl (C=O) groups excluding carboxylic acids is 1. The molecule has 110 valence electrons. The molecule has 0 radical (unpaired) electrons. The van der Waals surface area contributed by atoms with Crippen LogP contribution in [0.15, 0.2) is 24.3 Å². The molecule has 5 nitrogen and oxygen atoms in total. The van der Waals surface area contributed by atoms with Gasteiger partial charge >= 0.3 is 0 Å². The van der Waals surface area contributed by atoms with E-state index in [1.54, 1.807) is 11.9 Å². The van der Waals surface area contributed by atoms with E-state index in [1.165, 1.54) is 0 Å². The highest BCUT2D eigenvalue weighted by molar-refractivity contribution is 5.76. The van der Waals surface area contributed by atoms with Crippen LogP contribution in [-0.2, 0) is 4.79 Å². The lowest BCUT2D eigenvalue weighted by Gasteiger charge is -2.29. The maximum Gasteiger partial charge on any atom is 0.223 e. The van der Waals surface area contributed by atoms with Crippen LogP contribution < -0.4 is 14.8 Å². The van der Waals surface area contributed by atoms with Crippen LogP contribution in [0, 0.1) is 0 Å². The Morgan fingerprint density at radius 2 is 2.15 bits per heavy atom. The molecule has 0 spiro atoms. The third kappa shape index (κ3) is 3.87. The van der Waals surface area contributed by atoms with Crippen LogP contribution in [0.3, 0.4) is 0 Å². The van der Waals surface area contributed by atoms with Crippen molar-refractivity contribution in [1.29, 1.82) is 0 Å².